The van der Waals surface area contributed by atoms with Gasteiger partial charge in [0.15, 0.2) is 0 Å². The van der Waals surface area contributed by atoms with Crippen molar-refractivity contribution in [3.8, 4) is 0 Å². The van der Waals surface area contributed by atoms with Crippen molar-refractivity contribution in [1.29, 1.82) is 0 Å². The second-order valence-corrected chi connectivity index (χ2v) is 5.57. The molecular formula is C17H18N2O3. The summed E-state index contributed by atoms with van der Waals surface area (Å²) in [5, 5.41) is 5.73. The van der Waals surface area contributed by atoms with Crippen LogP contribution in [0.15, 0.2) is 34.7 Å². The number of nitrogens with one attached hydrogen (secondary N) is 2. The van der Waals surface area contributed by atoms with Crippen LogP contribution in [-0.2, 0) is 0 Å². The maximum Gasteiger partial charge on any atom is 0.259 e. The first-order valence-corrected chi connectivity index (χ1v) is 7.33. The molecule has 1 aliphatic rings. The monoisotopic (exact) mass is 298 g/mol. The van der Waals surface area contributed by atoms with Crippen LogP contribution in [0.25, 0.3) is 0 Å². The SMILES string of the molecule is Cc1cc(C(=O)Nc2ccccc2C(=O)NC2CC2)c(C)o1. The quantitative estimate of drug-likeness (QED) is 0.911. The van der Waals surface area contributed by atoms with E-state index in [1.54, 1.807) is 44.2 Å². The third-order valence-electron chi connectivity index (χ3n) is 3.62. The standard InChI is InChI=1S/C17H18N2O3/c1-10-9-14(11(2)22-10)17(21)19-15-6-4-3-5-13(15)16(20)18-12-7-8-12/h3-6,9,12H,7-8H2,1-2H3,(H,18,20)(H,19,21). The van der Waals surface area contributed by atoms with Gasteiger partial charge in [-0.05, 0) is 44.9 Å². The number of amides is 2. The molecule has 0 spiro atoms. The fraction of sp³-hybridized carbons (Fsp3) is 0.294. The largest absolute Gasteiger partial charge is 0.466 e. The Hall–Kier alpha value is -2.56. The Morgan fingerprint density at radius 2 is 1.82 bits per heavy atom. The molecule has 2 aromatic rings. The Labute approximate surface area is 128 Å². The van der Waals surface area contributed by atoms with Crippen molar-refractivity contribution in [2.45, 2.75) is 32.7 Å². The molecule has 1 aromatic carbocycles. The van der Waals surface area contributed by atoms with Gasteiger partial charge in [-0.25, -0.2) is 0 Å². The van der Waals surface area contributed by atoms with Crippen molar-refractivity contribution >= 4 is 17.5 Å². The second-order valence-electron chi connectivity index (χ2n) is 5.57. The van der Waals surface area contributed by atoms with E-state index in [0.717, 1.165) is 12.8 Å². The highest BCUT2D eigenvalue weighted by atomic mass is 16.3. The topological polar surface area (TPSA) is 71.3 Å². The van der Waals surface area contributed by atoms with Crippen LogP contribution < -0.4 is 10.6 Å². The zero-order valence-electron chi connectivity index (χ0n) is 12.6. The Balaban J connectivity index is 1.81. The van der Waals surface area contributed by atoms with Crippen molar-refractivity contribution in [3.05, 3.63) is 53.0 Å². The average molecular weight is 298 g/mol. The van der Waals surface area contributed by atoms with Gasteiger partial charge in [0, 0.05) is 6.04 Å². The molecular weight excluding hydrogens is 280 g/mol. The smallest absolute Gasteiger partial charge is 0.259 e. The van der Waals surface area contributed by atoms with Gasteiger partial charge >= 0.3 is 0 Å². The lowest BCUT2D eigenvalue weighted by atomic mass is 10.1. The molecule has 1 saturated carbocycles. The summed E-state index contributed by atoms with van der Waals surface area (Å²) < 4.78 is 5.37. The van der Waals surface area contributed by atoms with Crippen LogP contribution in [0, 0.1) is 13.8 Å². The van der Waals surface area contributed by atoms with E-state index < -0.39 is 0 Å². The van der Waals surface area contributed by atoms with Crippen molar-refractivity contribution in [2.75, 3.05) is 5.32 Å². The van der Waals surface area contributed by atoms with E-state index in [9.17, 15) is 9.59 Å². The van der Waals surface area contributed by atoms with Gasteiger partial charge in [0.05, 0.1) is 16.8 Å². The van der Waals surface area contributed by atoms with Crippen molar-refractivity contribution in [1.82, 2.24) is 5.32 Å². The number of para-hydroxylation sites is 1. The molecule has 0 radical (unpaired) electrons. The predicted octanol–water partition coefficient (Wildman–Crippen LogP) is 3.04. The minimum Gasteiger partial charge on any atom is -0.466 e. The molecule has 22 heavy (non-hydrogen) atoms. The molecule has 3 rings (SSSR count). The van der Waals surface area contributed by atoms with E-state index in [2.05, 4.69) is 10.6 Å². The molecule has 1 aliphatic carbocycles. The van der Waals surface area contributed by atoms with Crippen LogP contribution in [0.5, 0.6) is 0 Å². The molecule has 0 saturated heterocycles. The molecule has 0 atom stereocenters. The predicted molar refractivity (Wildman–Crippen MR) is 83.1 cm³/mol. The van der Waals surface area contributed by atoms with Crippen LogP contribution >= 0.6 is 0 Å². The molecule has 5 nitrogen and oxygen atoms in total. The van der Waals surface area contributed by atoms with Crippen LogP contribution in [0.3, 0.4) is 0 Å². The Kier molecular flexibility index (Phi) is 3.71. The summed E-state index contributed by atoms with van der Waals surface area (Å²) >= 11 is 0. The van der Waals surface area contributed by atoms with Crippen LogP contribution in [-0.4, -0.2) is 17.9 Å². The Bertz CT molecular complexity index is 729. The third-order valence-corrected chi connectivity index (χ3v) is 3.62. The maximum atomic E-state index is 12.4. The number of carbonyl (C=O) groups is 2. The highest BCUT2D eigenvalue weighted by Gasteiger charge is 2.25. The zero-order valence-corrected chi connectivity index (χ0v) is 12.6. The molecule has 2 amide bonds. The van der Waals surface area contributed by atoms with Gasteiger partial charge in [0.25, 0.3) is 11.8 Å². The van der Waals surface area contributed by atoms with E-state index in [-0.39, 0.29) is 17.9 Å². The fourth-order valence-corrected chi connectivity index (χ4v) is 2.33. The Morgan fingerprint density at radius 1 is 1.09 bits per heavy atom. The number of furan rings is 1. The number of aryl methyl sites for hydroxylation is 2. The number of carbonyl (C=O) groups excluding carboxylic acids is 2. The zero-order chi connectivity index (χ0) is 15.7. The highest BCUT2D eigenvalue weighted by Crippen LogP contribution is 2.22. The molecule has 5 heteroatoms. The number of anilines is 1. The lowest BCUT2D eigenvalue weighted by molar-refractivity contribution is 0.0952. The summed E-state index contributed by atoms with van der Waals surface area (Å²) in [5.74, 6) is 0.817. The van der Waals surface area contributed by atoms with Crippen LogP contribution in [0.4, 0.5) is 5.69 Å². The molecule has 0 aliphatic heterocycles. The van der Waals surface area contributed by atoms with Gasteiger partial charge in [-0.2, -0.15) is 0 Å². The summed E-state index contributed by atoms with van der Waals surface area (Å²) in [6.07, 6.45) is 2.04. The summed E-state index contributed by atoms with van der Waals surface area (Å²) in [5.41, 5.74) is 1.46. The summed E-state index contributed by atoms with van der Waals surface area (Å²) in [6, 6.07) is 8.97. The summed E-state index contributed by atoms with van der Waals surface area (Å²) in [4.78, 5) is 24.6. The number of hydrogen-bond donors (Lipinski definition) is 2. The summed E-state index contributed by atoms with van der Waals surface area (Å²) in [7, 11) is 0. The molecule has 1 fully saturated rings. The molecule has 0 unspecified atom stereocenters. The van der Waals surface area contributed by atoms with E-state index >= 15 is 0 Å². The van der Waals surface area contributed by atoms with Gasteiger partial charge < -0.3 is 15.1 Å². The van der Waals surface area contributed by atoms with Gasteiger partial charge in [-0.15, -0.1) is 0 Å². The lowest BCUT2D eigenvalue weighted by Crippen LogP contribution is -2.27. The van der Waals surface area contributed by atoms with E-state index in [1.807, 2.05) is 0 Å². The van der Waals surface area contributed by atoms with Crippen molar-refractivity contribution < 1.29 is 14.0 Å². The van der Waals surface area contributed by atoms with Gasteiger partial charge in [0.1, 0.15) is 11.5 Å². The first-order chi connectivity index (χ1) is 10.5. The highest BCUT2D eigenvalue weighted by molar-refractivity contribution is 6.09. The van der Waals surface area contributed by atoms with E-state index in [0.29, 0.717) is 28.3 Å². The second kappa shape index (κ2) is 5.67. The third kappa shape index (κ3) is 3.03. The summed E-state index contributed by atoms with van der Waals surface area (Å²) in [6.45, 7) is 3.54. The first kappa shape index (κ1) is 14.4. The van der Waals surface area contributed by atoms with Crippen LogP contribution in [0.1, 0.15) is 45.1 Å². The normalized spacial score (nSPS) is 13.7. The average Bonchev–Trinajstić information content (AvgIpc) is 3.22. The van der Waals surface area contributed by atoms with E-state index in [1.165, 1.54) is 0 Å². The molecule has 1 heterocycles. The van der Waals surface area contributed by atoms with Gasteiger partial charge in [-0.1, -0.05) is 12.1 Å². The molecule has 1 aromatic heterocycles. The van der Waals surface area contributed by atoms with Crippen molar-refractivity contribution in [2.24, 2.45) is 0 Å². The van der Waals surface area contributed by atoms with E-state index in [4.69, 9.17) is 4.42 Å². The Morgan fingerprint density at radius 3 is 2.45 bits per heavy atom. The van der Waals surface area contributed by atoms with Gasteiger partial charge in [0.2, 0.25) is 0 Å². The molecule has 2 N–H and O–H groups in total. The van der Waals surface area contributed by atoms with Crippen LogP contribution in [0.2, 0.25) is 0 Å². The number of benzene rings is 1. The number of rotatable bonds is 4. The minimum atomic E-state index is -0.277. The maximum absolute atomic E-state index is 12.4. The fourth-order valence-electron chi connectivity index (χ4n) is 2.33. The lowest BCUT2D eigenvalue weighted by Gasteiger charge is -2.10. The minimum absolute atomic E-state index is 0.154. The molecule has 0 bridgehead atoms. The van der Waals surface area contributed by atoms with Crippen molar-refractivity contribution in [3.63, 3.8) is 0 Å². The number of hydrogen-bond acceptors (Lipinski definition) is 3. The molecule has 114 valence electrons. The van der Waals surface area contributed by atoms with Gasteiger partial charge in [-0.3, -0.25) is 9.59 Å². The first-order valence-electron chi connectivity index (χ1n) is 7.33.